The first-order valence-electron chi connectivity index (χ1n) is 8.63. The van der Waals surface area contributed by atoms with Gasteiger partial charge in [0.05, 0.1) is 18.7 Å². The third-order valence-electron chi connectivity index (χ3n) is 4.44. The molecule has 1 fully saturated rings. The summed E-state index contributed by atoms with van der Waals surface area (Å²) < 4.78 is 18.9. The third-order valence-corrected chi connectivity index (χ3v) is 4.44. The predicted molar refractivity (Wildman–Crippen MR) is 92.8 cm³/mol. The molecule has 25 heavy (non-hydrogen) atoms. The van der Waals surface area contributed by atoms with Crippen molar-refractivity contribution < 1.29 is 13.6 Å². The lowest BCUT2D eigenvalue weighted by atomic mass is 9.98. The number of nitrogens with zero attached hydrogens (tertiary/aromatic N) is 3. The molecule has 2 aromatic rings. The SMILES string of the molecule is CN(C)CC(=O)N1CCCC(c2ncc(Cc3ccc(F)cc3)o2)C1. The second kappa shape index (κ2) is 7.78. The average molecular weight is 345 g/mol. The second-order valence-electron chi connectivity index (χ2n) is 6.88. The van der Waals surface area contributed by atoms with Crippen LogP contribution in [0.4, 0.5) is 4.39 Å². The monoisotopic (exact) mass is 345 g/mol. The minimum Gasteiger partial charge on any atom is -0.445 e. The van der Waals surface area contributed by atoms with Crippen LogP contribution >= 0.6 is 0 Å². The van der Waals surface area contributed by atoms with Crippen LogP contribution in [0.1, 0.15) is 36.0 Å². The molecule has 0 N–H and O–H groups in total. The molecule has 0 bridgehead atoms. The van der Waals surface area contributed by atoms with Crippen LogP contribution in [0.15, 0.2) is 34.9 Å². The smallest absolute Gasteiger partial charge is 0.236 e. The van der Waals surface area contributed by atoms with E-state index in [1.54, 1.807) is 18.3 Å². The van der Waals surface area contributed by atoms with E-state index in [2.05, 4.69) is 4.98 Å². The molecule has 1 aromatic heterocycles. The molecule has 0 aliphatic carbocycles. The molecule has 2 heterocycles. The van der Waals surface area contributed by atoms with Crippen molar-refractivity contribution in [2.75, 3.05) is 33.7 Å². The summed E-state index contributed by atoms with van der Waals surface area (Å²) in [7, 11) is 3.80. The average Bonchev–Trinajstić information content (AvgIpc) is 3.05. The summed E-state index contributed by atoms with van der Waals surface area (Å²) in [5.41, 5.74) is 0.982. The minimum absolute atomic E-state index is 0.141. The van der Waals surface area contributed by atoms with E-state index in [0.29, 0.717) is 25.4 Å². The highest BCUT2D eigenvalue weighted by atomic mass is 19.1. The van der Waals surface area contributed by atoms with Crippen molar-refractivity contribution in [3.05, 3.63) is 53.5 Å². The molecular formula is C19H24FN3O2. The van der Waals surface area contributed by atoms with E-state index in [0.717, 1.165) is 30.7 Å². The highest BCUT2D eigenvalue weighted by Crippen LogP contribution is 2.27. The highest BCUT2D eigenvalue weighted by molar-refractivity contribution is 5.78. The fourth-order valence-electron chi connectivity index (χ4n) is 3.17. The Morgan fingerprint density at radius 3 is 2.84 bits per heavy atom. The summed E-state index contributed by atoms with van der Waals surface area (Å²) in [5, 5.41) is 0. The molecule has 134 valence electrons. The van der Waals surface area contributed by atoms with Crippen LogP contribution in [-0.4, -0.2) is 54.4 Å². The van der Waals surface area contributed by atoms with Gasteiger partial charge in [-0.3, -0.25) is 4.79 Å². The van der Waals surface area contributed by atoms with E-state index in [4.69, 9.17) is 4.42 Å². The fraction of sp³-hybridized carbons (Fsp3) is 0.474. The van der Waals surface area contributed by atoms with Gasteiger partial charge in [-0.2, -0.15) is 0 Å². The van der Waals surface area contributed by atoms with Gasteiger partial charge in [0.15, 0.2) is 5.89 Å². The number of oxazole rings is 1. The zero-order valence-electron chi connectivity index (χ0n) is 14.7. The summed E-state index contributed by atoms with van der Waals surface area (Å²) in [6.07, 6.45) is 4.25. The molecule has 6 heteroatoms. The summed E-state index contributed by atoms with van der Waals surface area (Å²) >= 11 is 0. The van der Waals surface area contributed by atoms with Gasteiger partial charge in [-0.1, -0.05) is 12.1 Å². The molecule has 1 saturated heterocycles. The van der Waals surface area contributed by atoms with E-state index in [1.807, 2.05) is 23.9 Å². The molecule has 1 amide bonds. The van der Waals surface area contributed by atoms with Crippen LogP contribution in [0.3, 0.4) is 0 Å². The molecule has 1 aliphatic heterocycles. The van der Waals surface area contributed by atoms with E-state index < -0.39 is 0 Å². The number of rotatable bonds is 5. The first-order valence-corrected chi connectivity index (χ1v) is 8.63. The molecule has 1 aliphatic rings. The van der Waals surface area contributed by atoms with Crippen LogP contribution in [0.5, 0.6) is 0 Å². The Morgan fingerprint density at radius 2 is 2.12 bits per heavy atom. The predicted octanol–water partition coefficient (Wildman–Crippen LogP) is 2.67. The lowest BCUT2D eigenvalue weighted by molar-refractivity contribution is -0.133. The van der Waals surface area contributed by atoms with Crippen LogP contribution in [-0.2, 0) is 11.2 Å². The normalized spacial score (nSPS) is 17.9. The fourth-order valence-corrected chi connectivity index (χ4v) is 3.17. The van der Waals surface area contributed by atoms with Crippen molar-refractivity contribution >= 4 is 5.91 Å². The van der Waals surface area contributed by atoms with Gasteiger partial charge in [0.1, 0.15) is 11.6 Å². The quantitative estimate of drug-likeness (QED) is 0.836. The summed E-state index contributed by atoms with van der Waals surface area (Å²) in [6, 6.07) is 6.39. The number of likely N-dealkylation sites (N-methyl/N-ethyl adjacent to an activating group) is 1. The Morgan fingerprint density at radius 1 is 1.36 bits per heavy atom. The van der Waals surface area contributed by atoms with Gasteiger partial charge < -0.3 is 14.2 Å². The lowest BCUT2D eigenvalue weighted by Gasteiger charge is -2.32. The van der Waals surface area contributed by atoms with E-state index in [-0.39, 0.29) is 17.6 Å². The van der Waals surface area contributed by atoms with Gasteiger partial charge in [-0.05, 0) is 44.6 Å². The van der Waals surface area contributed by atoms with Crippen LogP contribution in [0.2, 0.25) is 0 Å². The van der Waals surface area contributed by atoms with Crippen molar-refractivity contribution in [2.45, 2.75) is 25.2 Å². The molecule has 0 radical (unpaired) electrons. The summed E-state index contributed by atoms with van der Waals surface area (Å²) in [5.74, 6) is 1.50. The van der Waals surface area contributed by atoms with Gasteiger partial charge in [0, 0.05) is 19.5 Å². The maximum Gasteiger partial charge on any atom is 0.236 e. The van der Waals surface area contributed by atoms with Crippen molar-refractivity contribution in [3.8, 4) is 0 Å². The molecule has 1 atom stereocenters. The van der Waals surface area contributed by atoms with Gasteiger partial charge >= 0.3 is 0 Å². The maximum absolute atomic E-state index is 13.0. The maximum atomic E-state index is 13.0. The minimum atomic E-state index is -0.244. The summed E-state index contributed by atoms with van der Waals surface area (Å²) in [6.45, 7) is 1.88. The number of likely N-dealkylation sites (tertiary alicyclic amines) is 1. The number of amides is 1. The van der Waals surface area contributed by atoms with Gasteiger partial charge in [0.25, 0.3) is 0 Å². The topological polar surface area (TPSA) is 49.6 Å². The largest absolute Gasteiger partial charge is 0.445 e. The van der Waals surface area contributed by atoms with Crippen molar-refractivity contribution in [2.24, 2.45) is 0 Å². The Kier molecular flexibility index (Phi) is 5.48. The number of piperidine rings is 1. The number of carbonyl (C=O) groups is 1. The van der Waals surface area contributed by atoms with Gasteiger partial charge in [-0.25, -0.2) is 9.37 Å². The number of halogens is 1. The Hall–Kier alpha value is -2.21. The highest BCUT2D eigenvalue weighted by Gasteiger charge is 2.27. The molecular weight excluding hydrogens is 321 g/mol. The Balaban J connectivity index is 1.63. The Bertz CT molecular complexity index is 712. The third kappa shape index (κ3) is 4.66. The number of hydrogen-bond donors (Lipinski definition) is 0. The lowest BCUT2D eigenvalue weighted by Crippen LogP contribution is -2.43. The molecule has 1 unspecified atom stereocenters. The number of benzene rings is 1. The van der Waals surface area contributed by atoms with E-state index in [9.17, 15) is 9.18 Å². The first-order chi connectivity index (χ1) is 12.0. The first kappa shape index (κ1) is 17.6. The molecule has 3 rings (SSSR count). The Labute approximate surface area is 147 Å². The van der Waals surface area contributed by atoms with Crippen LogP contribution in [0.25, 0.3) is 0 Å². The van der Waals surface area contributed by atoms with Crippen LogP contribution < -0.4 is 0 Å². The second-order valence-corrected chi connectivity index (χ2v) is 6.88. The molecule has 1 aromatic carbocycles. The van der Waals surface area contributed by atoms with Gasteiger partial charge in [-0.15, -0.1) is 0 Å². The van der Waals surface area contributed by atoms with Crippen LogP contribution in [0, 0.1) is 5.82 Å². The van der Waals surface area contributed by atoms with E-state index in [1.165, 1.54) is 12.1 Å². The van der Waals surface area contributed by atoms with Gasteiger partial charge in [0.2, 0.25) is 5.91 Å². The molecule has 5 nitrogen and oxygen atoms in total. The zero-order valence-corrected chi connectivity index (χ0v) is 14.7. The molecule has 0 saturated carbocycles. The zero-order chi connectivity index (χ0) is 17.8. The van der Waals surface area contributed by atoms with E-state index >= 15 is 0 Å². The molecule has 0 spiro atoms. The number of carbonyl (C=O) groups excluding carboxylic acids is 1. The number of hydrogen-bond acceptors (Lipinski definition) is 4. The van der Waals surface area contributed by atoms with Crippen molar-refractivity contribution in [1.29, 1.82) is 0 Å². The standard InChI is InChI=1S/C19H24FN3O2/c1-22(2)13-18(24)23-9-3-4-15(12-23)19-21-11-17(25-19)10-14-5-7-16(20)8-6-14/h5-8,11,15H,3-4,9-10,12-13H2,1-2H3. The van der Waals surface area contributed by atoms with Crippen molar-refractivity contribution in [1.82, 2.24) is 14.8 Å². The van der Waals surface area contributed by atoms with Crippen molar-refractivity contribution in [3.63, 3.8) is 0 Å². The number of aromatic nitrogens is 1. The summed E-state index contributed by atoms with van der Waals surface area (Å²) in [4.78, 5) is 20.5.